The summed E-state index contributed by atoms with van der Waals surface area (Å²) in [5.74, 6) is -2.01. The molecule has 0 saturated heterocycles. The van der Waals surface area contributed by atoms with E-state index in [1.807, 2.05) is 0 Å². The summed E-state index contributed by atoms with van der Waals surface area (Å²) in [7, 11) is 0. The van der Waals surface area contributed by atoms with E-state index in [9.17, 15) is 24.8 Å². The van der Waals surface area contributed by atoms with Crippen LogP contribution in [-0.4, -0.2) is 20.6 Å². The monoisotopic (exact) mass is 280 g/mol. The van der Waals surface area contributed by atoms with Crippen molar-refractivity contribution in [2.75, 3.05) is 0 Å². The lowest BCUT2D eigenvalue weighted by atomic mass is 10.1. The molecular formula is C12H12N2O6. The number of nitro benzene ring substituents is 1. The summed E-state index contributed by atoms with van der Waals surface area (Å²) in [6.07, 6.45) is 0.775. The molecule has 1 aromatic heterocycles. The zero-order valence-electron chi connectivity index (χ0n) is 10.6. The smallest absolute Gasteiger partial charge is 0.420 e. The number of carbonyl (C=O) groups is 1. The highest BCUT2D eigenvalue weighted by molar-refractivity contribution is 5.80. The van der Waals surface area contributed by atoms with E-state index >= 15 is 0 Å². The van der Waals surface area contributed by atoms with E-state index in [2.05, 4.69) is 0 Å². The molecule has 1 unspecified atom stereocenters. The van der Waals surface area contributed by atoms with Gasteiger partial charge in [0.25, 0.3) is 5.69 Å². The van der Waals surface area contributed by atoms with Gasteiger partial charge < -0.3 is 9.52 Å². The second-order valence-corrected chi connectivity index (χ2v) is 4.29. The Morgan fingerprint density at radius 3 is 2.80 bits per heavy atom. The number of oxazole rings is 1. The molecule has 1 aromatic carbocycles. The van der Waals surface area contributed by atoms with Crippen LogP contribution in [0.5, 0.6) is 0 Å². The minimum absolute atomic E-state index is 0.116. The molecule has 8 nitrogen and oxygen atoms in total. The minimum Gasteiger partial charge on any atom is -0.480 e. The number of hydrogen-bond donors (Lipinski definition) is 1. The standard InChI is InChI=1S/C12H12N2O6/c1-2-3-8(11(15)16)13-9-6-7(14(18)19)4-5-10(9)20-12(13)17/h4-6,8H,2-3H2,1H3,(H,15,16). The zero-order chi connectivity index (χ0) is 14.9. The fourth-order valence-corrected chi connectivity index (χ4v) is 2.07. The number of aliphatic carboxylic acids is 1. The van der Waals surface area contributed by atoms with E-state index < -0.39 is 22.7 Å². The molecule has 0 fully saturated rings. The highest BCUT2D eigenvalue weighted by atomic mass is 16.6. The number of nitrogens with zero attached hydrogens (tertiary/aromatic N) is 2. The molecular weight excluding hydrogens is 268 g/mol. The minimum atomic E-state index is -1.18. The van der Waals surface area contributed by atoms with Crippen molar-refractivity contribution in [1.82, 2.24) is 4.57 Å². The molecule has 8 heteroatoms. The van der Waals surface area contributed by atoms with Crippen molar-refractivity contribution in [2.24, 2.45) is 0 Å². The van der Waals surface area contributed by atoms with Crippen LogP contribution in [0, 0.1) is 10.1 Å². The first-order valence-electron chi connectivity index (χ1n) is 5.98. The normalized spacial score (nSPS) is 12.4. The van der Waals surface area contributed by atoms with Crippen LogP contribution < -0.4 is 5.76 Å². The van der Waals surface area contributed by atoms with Crippen LogP contribution in [0.3, 0.4) is 0 Å². The number of aromatic nitrogens is 1. The molecule has 2 rings (SSSR count). The predicted molar refractivity (Wildman–Crippen MR) is 68.7 cm³/mol. The van der Waals surface area contributed by atoms with Crippen molar-refractivity contribution >= 4 is 22.8 Å². The van der Waals surface area contributed by atoms with Crippen molar-refractivity contribution in [1.29, 1.82) is 0 Å². The van der Waals surface area contributed by atoms with Gasteiger partial charge in [-0.05, 0) is 12.5 Å². The van der Waals surface area contributed by atoms with Crippen LogP contribution in [0.25, 0.3) is 11.1 Å². The van der Waals surface area contributed by atoms with E-state index in [1.54, 1.807) is 6.92 Å². The average Bonchev–Trinajstić information content (AvgIpc) is 2.70. The summed E-state index contributed by atoms with van der Waals surface area (Å²) in [5, 5.41) is 20.0. The lowest BCUT2D eigenvalue weighted by molar-refractivity contribution is -0.384. The Morgan fingerprint density at radius 2 is 2.25 bits per heavy atom. The second-order valence-electron chi connectivity index (χ2n) is 4.29. The van der Waals surface area contributed by atoms with Gasteiger partial charge in [-0.2, -0.15) is 0 Å². The topological polar surface area (TPSA) is 116 Å². The SMILES string of the molecule is CCCC(C(=O)O)n1c(=O)oc2ccc([N+](=O)[O-])cc21. The first kappa shape index (κ1) is 13.8. The van der Waals surface area contributed by atoms with E-state index in [1.165, 1.54) is 12.1 Å². The largest absolute Gasteiger partial charge is 0.480 e. The molecule has 106 valence electrons. The van der Waals surface area contributed by atoms with Gasteiger partial charge in [0.05, 0.1) is 10.4 Å². The van der Waals surface area contributed by atoms with Crippen molar-refractivity contribution in [2.45, 2.75) is 25.8 Å². The molecule has 1 N–H and O–H groups in total. The first-order chi connectivity index (χ1) is 9.45. The zero-order valence-corrected chi connectivity index (χ0v) is 10.6. The maximum atomic E-state index is 11.8. The van der Waals surface area contributed by atoms with Gasteiger partial charge in [0, 0.05) is 12.1 Å². The number of fused-ring (bicyclic) bond motifs is 1. The number of nitro groups is 1. The first-order valence-corrected chi connectivity index (χ1v) is 5.98. The second kappa shape index (κ2) is 5.16. The van der Waals surface area contributed by atoms with Gasteiger partial charge in [-0.3, -0.25) is 14.7 Å². The van der Waals surface area contributed by atoms with E-state index in [-0.39, 0.29) is 23.2 Å². The molecule has 0 radical (unpaired) electrons. The maximum Gasteiger partial charge on any atom is 0.420 e. The average molecular weight is 280 g/mol. The quantitative estimate of drug-likeness (QED) is 0.660. The van der Waals surface area contributed by atoms with Gasteiger partial charge in [-0.1, -0.05) is 13.3 Å². The van der Waals surface area contributed by atoms with Gasteiger partial charge in [-0.15, -0.1) is 0 Å². The highest BCUT2D eigenvalue weighted by Crippen LogP contribution is 2.24. The fourth-order valence-electron chi connectivity index (χ4n) is 2.07. The Balaban J connectivity index is 2.70. The summed E-state index contributed by atoms with van der Waals surface area (Å²) >= 11 is 0. The lowest BCUT2D eigenvalue weighted by Crippen LogP contribution is -2.26. The summed E-state index contributed by atoms with van der Waals surface area (Å²) in [6, 6.07) is 2.53. The third kappa shape index (κ3) is 2.27. The van der Waals surface area contributed by atoms with Gasteiger partial charge in [0.1, 0.15) is 6.04 Å². The Labute approximate surface area is 112 Å². The highest BCUT2D eigenvalue weighted by Gasteiger charge is 2.25. The molecule has 20 heavy (non-hydrogen) atoms. The Hall–Kier alpha value is -2.64. The van der Waals surface area contributed by atoms with Crippen LogP contribution >= 0.6 is 0 Å². The van der Waals surface area contributed by atoms with Crippen LogP contribution in [0.4, 0.5) is 5.69 Å². The summed E-state index contributed by atoms with van der Waals surface area (Å²) in [5.41, 5.74) is 0.0145. The molecule has 0 aliphatic heterocycles. The number of non-ortho nitro benzene ring substituents is 1. The van der Waals surface area contributed by atoms with Gasteiger partial charge in [0.2, 0.25) is 0 Å². The number of benzene rings is 1. The van der Waals surface area contributed by atoms with Crippen molar-refractivity contribution in [3.8, 4) is 0 Å². The van der Waals surface area contributed by atoms with Crippen LogP contribution in [0.2, 0.25) is 0 Å². The number of rotatable bonds is 5. The molecule has 2 aromatic rings. The van der Waals surface area contributed by atoms with Crippen molar-refractivity contribution in [3.63, 3.8) is 0 Å². The summed E-state index contributed by atoms with van der Waals surface area (Å²) in [6.45, 7) is 1.78. The number of hydrogen-bond acceptors (Lipinski definition) is 5. The van der Waals surface area contributed by atoms with Crippen molar-refractivity contribution in [3.05, 3.63) is 38.9 Å². The van der Waals surface area contributed by atoms with Crippen LogP contribution in [-0.2, 0) is 4.79 Å². The fraction of sp³-hybridized carbons (Fsp3) is 0.333. The summed E-state index contributed by atoms with van der Waals surface area (Å²) in [4.78, 5) is 33.2. The molecule has 0 amide bonds. The molecule has 1 atom stereocenters. The number of carboxylic acids is 1. The third-order valence-corrected chi connectivity index (χ3v) is 2.97. The Morgan fingerprint density at radius 1 is 1.55 bits per heavy atom. The molecule has 0 aliphatic carbocycles. The van der Waals surface area contributed by atoms with E-state index in [4.69, 9.17) is 4.42 Å². The number of carboxylic acid groups (broad SMARTS) is 1. The molecule has 1 heterocycles. The van der Waals surface area contributed by atoms with E-state index in [0.29, 0.717) is 6.42 Å². The maximum absolute atomic E-state index is 11.8. The molecule has 0 bridgehead atoms. The molecule has 0 spiro atoms. The van der Waals surface area contributed by atoms with Gasteiger partial charge in [-0.25, -0.2) is 9.59 Å². The summed E-state index contributed by atoms with van der Waals surface area (Å²) < 4.78 is 5.89. The van der Waals surface area contributed by atoms with Gasteiger partial charge >= 0.3 is 11.7 Å². The Bertz CT molecular complexity index is 729. The van der Waals surface area contributed by atoms with E-state index in [0.717, 1.165) is 10.6 Å². The third-order valence-electron chi connectivity index (χ3n) is 2.97. The lowest BCUT2D eigenvalue weighted by Gasteiger charge is -2.11. The predicted octanol–water partition coefficient (Wildman–Crippen LogP) is 1.93. The molecule has 0 saturated carbocycles. The Kier molecular flexibility index (Phi) is 3.55. The van der Waals surface area contributed by atoms with Crippen LogP contribution in [0.1, 0.15) is 25.8 Å². The van der Waals surface area contributed by atoms with Crippen LogP contribution in [0.15, 0.2) is 27.4 Å². The van der Waals surface area contributed by atoms with Gasteiger partial charge in [0.15, 0.2) is 5.58 Å². The van der Waals surface area contributed by atoms with Crippen molar-refractivity contribution < 1.29 is 19.2 Å². The molecule has 0 aliphatic rings.